The molecule has 1 aromatic heterocycles. The summed E-state index contributed by atoms with van der Waals surface area (Å²) in [6, 6.07) is 10.6. The van der Waals surface area contributed by atoms with E-state index in [0.717, 1.165) is 17.2 Å². The van der Waals surface area contributed by atoms with Gasteiger partial charge in [0, 0.05) is 30.3 Å². The van der Waals surface area contributed by atoms with Gasteiger partial charge in [-0.2, -0.15) is 5.10 Å². The molecular weight excluding hydrogens is 430 g/mol. The number of benzene rings is 2. The molecule has 0 bridgehead atoms. The molecule has 0 aliphatic carbocycles. The molecule has 2 aromatic carbocycles. The van der Waals surface area contributed by atoms with E-state index in [1.54, 1.807) is 17.0 Å². The molecule has 0 unspecified atom stereocenters. The molecule has 0 saturated heterocycles. The highest BCUT2D eigenvalue weighted by Crippen LogP contribution is 2.26. The number of nitrogens with zero attached hydrogens (tertiary/aromatic N) is 2. The fourth-order valence-corrected chi connectivity index (χ4v) is 3.60. The van der Waals surface area contributed by atoms with Gasteiger partial charge >= 0.3 is 6.09 Å². The molecule has 1 aliphatic rings. The number of anilines is 1. The van der Waals surface area contributed by atoms with Crippen molar-refractivity contribution in [3.05, 3.63) is 70.8 Å². The predicted octanol–water partition coefficient (Wildman–Crippen LogP) is 4.90. The Kier molecular flexibility index (Phi) is 5.88. The van der Waals surface area contributed by atoms with Crippen molar-refractivity contribution in [1.29, 1.82) is 0 Å². The van der Waals surface area contributed by atoms with Crippen molar-refractivity contribution in [3.63, 3.8) is 0 Å². The van der Waals surface area contributed by atoms with Gasteiger partial charge in [-0.1, -0.05) is 12.1 Å². The lowest BCUT2D eigenvalue weighted by Gasteiger charge is -2.31. The van der Waals surface area contributed by atoms with Crippen LogP contribution in [0, 0.1) is 11.6 Å². The lowest BCUT2D eigenvalue weighted by molar-refractivity contribution is 0.0224. The van der Waals surface area contributed by atoms with Crippen LogP contribution >= 0.6 is 0 Å². The highest BCUT2D eigenvalue weighted by molar-refractivity contribution is 6.04. The molecule has 0 spiro atoms. The maximum absolute atomic E-state index is 14.0. The van der Waals surface area contributed by atoms with E-state index >= 15 is 0 Å². The normalized spacial score (nSPS) is 13.4. The van der Waals surface area contributed by atoms with Crippen LogP contribution < -0.4 is 5.32 Å². The summed E-state index contributed by atoms with van der Waals surface area (Å²) in [5.41, 5.74) is 1.98. The molecule has 7 nitrogen and oxygen atoms in total. The number of carbonyl (C=O) groups excluding carboxylic acids is 2. The van der Waals surface area contributed by atoms with Gasteiger partial charge in [-0.15, -0.1) is 0 Å². The smallest absolute Gasteiger partial charge is 0.410 e. The van der Waals surface area contributed by atoms with Gasteiger partial charge in [-0.3, -0.25) is 9.89 Å². The van der Waals surface area contributed by atoms with Gasteiger partial charge < -0.3 is 15.0 Å². The third-order valence-electron chi connectivity index (χ3n) is 5.19. The number of hydrogen-bond donors (Lipinski definition) is 2. The zero-order valence-corrected chi connectivity index (χ0v) is 18.5. The number of fused-ring (bicyclic) bond motifs is 1. The van der Waals surface area contributed by atoms with E-state index in [1.165, 1.54) is 18.2 Å². The van der Waals surface area contributed by atoms with Crippen molar-refractivity contribution in [2.45, 2.75) is 39.3 Å². The van der Waals surface area contributed by atoms with E-state index in [9.17, 15) is 18.4 Å². The first-order valence-corrected chi connectivity index (χ1v) is 10.5. The van der Waals surface area contributed by atoms with Crippen LogP contribution in [0.1, 0.15) is 42.3 Å². The molecule has 0 atom stereocenters. The summed E-state index contributed by atoms with van der Waals surface area (Å²) in [6.07, 6.45) is 0.273. The molecule has 2 heterocycles. The van der Waals surface area contributed by atoms with Crippen LogP contribution in [0.3, 0.4) is 0 Å². The summed E-state index contributed by atoms with van der Waals surface area (Å²) in [5, 5.41) is 9.23. The zero-order valence-electron chi connectivity index (χ0n) is 18.5. The molecule has 3 aromatic rings. The lowest BCUT2D eigenvalue weighted by Crippen LogP contribution is -2.40. The van der Waals surface area contributed by atoms with Gasteiger partial charge in [0.1, 0.15) is 5.60 Å². The second-order valence-corrected chi connectivity index (χ2v) is 8.86. The summed E-state index contributed by atoms with van der Waals surface area (Å²) in [6.45, 7) is 6.33. The number of amides is 2. The molecule has 1 aliphatic heterocycles. The Bertz CT molecular complexity index is 1220. The van der Waals surface area contributed by atoms with Gasteiger partial charge in [0.25, 0.3) is 5.91 Å². The number of aromatic nitrogens is 2. The Labute approximate surface area is 189 Å². The van der Waals surface area contributed by atoms with E-state index in [1.807, 2.05) is 26.8 Å². The number of halogens is 2. The molecular formula is C24H24F2N4O3. The van der Waals surface area contributed by atoms with Gasteiger partial charge in [0.15, 0.2) is 17.5 Å². The summed E-state index contributed by atoms with van der Waals surface area (Å²) in [5.74, 6) is -2.21. The number of rotatable bonds is 3. The van der Waals surface area contributed by atoms with Crippen molar-refractivity contribution < 1.29 is 23.1 Å². The Morgan fingerprint density at radius 1 is 1.12 bits per heavy atom. The van der Waals surface area contributed by atoms with Crippen LogP contribution in [0.15, 0.2) is 42.5 Å². The first kappa shape index (κ1) is 22.4. The van der Waals surface area contributed by atoms with Crippen LogP contribution in [0.5, 0.6) is 0 Å². The van der Waals surface area contributed by atoms with E-state index in [-0.39, 0.29) is 17.1 Å². The molecule has 2 N–H and O–H groups in total. The maximum Gasteiger partial charge on any atom is 0.410 e. The molecule has 4 rings (SSSR count). The average Bonchev–Trinajstić information content (AvgIpc) is 3.21. The summed E-state index contributed by atoms with van der Waals surface area (Å²) >= 11 is 0. The van der Waals surface area contributed by atoms with Crippen molar-refractivity contribution in [2.75, 3.05) is 11.9 Å². The summed E-state index contributed by atoms with van der Waals surface area (Å²) in [7, 11) is 0. The first-order chi connectivity index (χ1) is 15.6. The average molecular weight is 454 g/mol. The number of H-pyrrole nitrogens is 1. The SMILES string of the molecule is CC(C)(C)OC(=O)N1CCc2ccc(C(=O)Nc3cc(-c4cccc(F)c4F)[nH]n3)cc2C1. The van der Waals surface area contributed by atoms with Crippen LogP contribution in [0.25, 0.3) is 11.3 Å². The van der Waals surface area contributed by atoms with E-state index in [0.29, 0.717) is 25.1 Å². The first-order valence-electron chi connectivity index (χ1n) is 10.5. The molecule has 33 heavy (non-hydrogen) atoms. The molecule has 0 fully saturated rings. The number of hydrogen-bond acceptors (Lipinski definition) is 4. The topological polar surface area (TPSA) is 87.3 Å². The highest BCUT2D eigenvalue weighted by Gasteiger charge is 2.26. The predicted molar refractivity (Wildman–Crippen MR) is 119 cm³/mol. The molecule has 172 valence electrons. The van der Waals surface area contributed by atoms with Crippen LogP contribution in [0.4, 0.5) is 19.4 Å². The minimum absolute atomic E-state index is 0.0130. The Balaban J connectivity index is 1.47. The minimum atomic E-state index is -0.997. The lowest BCUT2D eigenvalue weighted by atomic mass is 9.97. The Hall–Kier alpha value is -3.75. The monoisotopic (exact) mass is 454 g/mol. The van der Waals surface area contributed by atoms with Gasteiger partial charge in [0.05, 0.1) is 5.69 Å². The third-order valence-corrected chi connectivity index (χ3v) is 5.19. The second-order valence-electron chi connectivity index (χ2n) is 8.86. The fraction of sp³-hybridized carbons (Fsp3) is 0.292. The van der Waals surface area contributed by atoms with Crippen LogP contribution in [-0.4, -0.2) is 39.2 Å². The molecule has 0 saturated carbocycles. The maximum atomic E-state index is 14.0. The van der Waals surface area contributed by atoms with Gasteiger partial charge in [-0.05, 0) is 62.6 Å². The third kappa shape index (κ3) is 5.02. The van der Waals surface area contributed by atoms with Crippen LogP contribution in [0.2, 0.25) is 0 Å². The standard InChI is InChI=1S/C24H24F2N4O3/c1-24(2,3)33-23(32)30-10-9-14-7-8-15(11-16(14)13-30)22(31)27-20-12-19(28-29-20)17-5-4-6-18(25)21(17)26/h4-8,11-12H,9-10,13H2,1-3H3,(H2,27,28,29,31). The summed E-state index contributed by atoms with van der Waals surface area (Å²) in [4.78, 5) is 26.8. The van der Waals surface area contributed by atoms with E-state index in [4.69, 9.17) is 4.74 Å². The Morgan fingerprint density at radius 2 is 1.91 bits per heavy atom. The van der Waals surface area contributed by atoms with Crippen molar-refractivity contribution >= 4 is 17.8 Å². The number of carbonyl (C=O) groups is 2. The van der Waals surface area contributed by atoms with Crippen molar-refractivity contribution in [3.8, 4) is 11.3 Å². The molecule has 0 radical (unpaired) electrons. The number of ether oxygens (including phenoxy) is 1. The van der Waals surface area contributed by atoms with Gasteiger partial charge in [0.2, 0.25) is 0 Å². The van der Waals surface area contributed by atoms with E-state index < -0.39 is 29.2 Å². The van der Waals surface area contributed by atoms with Crippen LogP contribution in [-0.2, 0) is 17.7 Å². The molecule has 2 amide bonds. The fourth-order valence-electron chi connectivity index (χ4n) is 3.60. The highest BCUT2D eigenvalue weighted by atomic mass is 19.2. The Morgan fingerprint density at radius 3 is 2.67 bits per heavy atom. The number of nitrogens with one attached hydrogen (secondary N) is 2. The second kappa shape index (κ2) is 8.65. The number of aromatic amines is 1. The molecule has 9 heteroatoms. The minimum Gasteiger partial charge on any atom is -0.444 e. The van der Waals surface area contributed by atoms with Gasteiger partial charge in [-0.25, -0.2) is 13.6 Å². The van der Waals surface area contributed by atoms with Crippen molar-refractivity contribution in [1.82, 2.24) is 15.1 Å². The van der Waals surface area contributed by atoms with E-state index in [2.05, 4.69) is 15.5 Å². The van der Waals surface area contributed by atoms with Crippen molar-refractivity contribution in [2.24, 2.45) is 0 Å². The summed E-state index contributed by atoms with van der Waals surface area (Å²) < 4.78 is 33.0. The largest absolute Gasteiger partial charge is 0.444 e. The quantitative estimate of drug-likeness (QED) is 0.589. The zero-order chi connectivity index (χ0) is 23.8.